The molecule has 2 saturated carbocycles. The van der Waals surface area contributed by atoms with Crippen LogP contribution in [-0.2, 0) is 0 Å². The predicted molar refractivity (Wildman–Crippen MR) is 159 cm³/mol. The second-order valence-electron chi connectivity index (χ2n) is 12.4. The van der Waals surface area contributed by atoms with Gasteiger partial charge in [-0.15, -0.1) is 0 Å². The molecular weight excluding hydrogens is 432 g/mol. The number of benzene rings is 2. The fraction of sp³-hybridized carbons (Fsp3) is 0.667. The Kier molecular flexibility index (Phi) is 11.4. The van der Waals surface area contributed by atoms with Crippen LogP contribution in [0.15, 0.2) is 48.5 Å². The third kappa shape index (κ3) is 8.22. The summed E-state index contributed by atoms with van der Waals surface area (Å²) in [5.74, 6) is 3.57. The lowest BCUT2D eigenvalue weighted by Gasteiger charge is -2.29. The summed E-state index contributed by atoms with van der Waals surface area (Å²) in [5, 5.41) is 0. The van der Waals surface area contributed by atoms with E-state index in [0.717, 1.165) is 23.7 Å². The highest BCUT2D eigenvalue weighted by atomic mass is 14.3. The first-order valence-corrected chi connectivity index (χ1v) is 16.0. The third-order valence-corrected chi connectivity index (χ3v) is 9.72. The summed E-state index contributed by atoms with van der Waals surface area (Å²) in [5.41, 5.74) is 5.91. The average Bonchev–Trinajstić information content (AvgIpc) is 2.94. The summed E-state index contributed by atoms with van der Waals surface area (Å²) in [6.07, 6.45) is 25.7. The smallest absolute Gasteiger partial charge is 0.0162 e. The second-order valence-corrected chi connectivity index (χ2v) is 12.4. The van der Waals surface area contributed by atoms with Crippen LogP contribution in [0.1, 0.15) is 152 Å². The van der Waals surface area contributed by atoms with Crippen LogP contribution in [0.25, 0.3) is 11.1 Å². The molecule has 2 fully saturated rings. The van der Waals surface area contributed by atoms with Gasteiger partial charge < -0.3 is 0 Å². The number of hydrogen-bond acceptors (Lipinski definition) is 0. The molecule has 0 atom stereocenters. The fourth-order valence-electron chi connectivity index (χ4n) is 7.18. The van der Waals surface area contributed by atoms with Gasteiger partial charge in [-0.25, -0.2) is 0 Å². The Morgan fingerprint density at radius 1 is 0.444 bits per heavy atom. The first-order chi connectivity index (χ1) is 17.8. The topological polar surface area (TPSA) is 0 Å². The van der Waals surface area contributed by atoms with Crippen molar-refractivity contribution < 1.29 is 0 Å². The SMILES string of the molecule is CCCCCCCC1CCC(c2ccc(-c3ccc(C4CCC(CCCCC)CC4)cc3)cc2)CC1. The molecule has 2 aliphatic rings. The molecule has 4 rings (SSSR count). The Balaban J connectivity index is 1.21. The molecule has 2 aromatic carbocycles. The Labute approximate surface area is 223 Å². The Morgan fingerprint density at radius 3 is 1.22 bits per heavy atom. The van der Waals surface area contributed by atoms with E-state index < -0.39 is 0 Å². The molecule has 0 heteroatoms. The summed E-state index contributed by atoms with van der Waals surface area (Å²) >= 11 is 0. The van der Waals surface area contributed by atoms with Crippen molar-refractivity contribution in [1.82, 2.24) is 0 Å². The monoisotopic (exact) mass is 486 g/mol. The summed E-state index contributed by atoms with van der Waals surface area (Å²) < 4.78 is 0. The van der Waals surface area contributed by atoms with Crippen molar-refractivity contribution in [1.29, 1.82) is 0 Å². The Bertz CT molecular complexity index is 829. The van der Waals surface area contributed by atoms with Gasteiger partial charge in [0, 0.05) is 0 Å². The molecular formula is C36H54. The summed E-state index contributed by atoms with van der Waals surface area (Å²) in [6, 6.07) is 19.2. The lowest BCUT2D eigenvalue weighted by Crippen LogP contribution is -2.13. The van der Waals surface area contributed by atoms with Gasteiger partial charge in [0.15, 0.2) is 0 Å². The molecule has 0 bridgehead atoms. The van der Waals surface area contributed by atoms with Gasteiger partial charge in [0.2, 0.25) is 0 Å². The Hall–Kier alpha value is -1.56. The van der Waals surface area contributed by atoms with E-state index in [1.165, 1.54) is 127 Å². The van der Waals surface area contributed by atoms with Crippen LogP contribution in [0.4, 0.5) is 0 Å². The van der Waals surface area contributed by atoms with Crippen LogP contribution in [0.5, 0.6) is 0 Å². The summed E-state index contributed by atoms with van der Waals surface area (Å²) in [7, 11) is 0. The maximum Gasteiger partial charge on any atom is -0.0162 e. The van der Waals surface area contributed by atoms with E-state index in [9.17, 15) is 0 Å². The highest BCUT2D eigenvalue weighted by molar-refractivity contribution is 5.64. The quantitative estimate of drug-likeness (QED) is 0.247. The molecule has 0 nitrogen and oxygen atoms in total. The molecule has 36 heavy (non-hydrogen) atoms. The first-order valence-electron chi connectivity index (χ1n) is 16.0. The van der Waals surface area contributed by atoms with Crippen molar-refractivity contribution in [3.05, 3.63) is 59.7 Å². The van der Waals surface area contributed by atoms with E-state index in [0.29, 0.717) is 0 Å². The molecule has 0 spiro atoms. The second kappa shape index (κ2) is 15.0. The van der Waals surface area contributed by atoms with Crippen LogP contribution < -0.4 is 0 Å². The highest BCUT2D eigenvalue weighted by Crippen LogP contribution is 2.40. The molecule has 0 amide bonds. The van der Waals surface area contributed by atoms with Crippen LogP contribution in [0.3, 0.4) is 0 Å². The van der Waals surface area contributed by atoms with Crippen LogP contribution >= 0.6 is 0 Å². The van der Waals surface area contributed by atoms with Crippen molar-refractivity contribution >= 4 is 0 Å². The molecule has 0 saturated heterocycles. The van der Waals surface area contributed by atoms with Crippen molar-refractivity contribution in [2.45, 2.75) is 141 Å². The Morgan fingerprint density at radius 2 is 0.806 bits per heavy atom. The molecule has 2 aromatic rings. The maximum absolute atomic E-state index is 2.43. The maximum atomic E-state index is 2.43. The van der Waals surface area contributed by atoms with Gasteiger partial charge in [-0.2, -0.15) is 0 Å². The zero-order chi connectivity index (χ0) is 25.0. The molecule has 0 aromatic heterocycles. The van der Waals surface area contributed by atoms with E-state index in [4.69, 9.17) is 0 Å². The molecule has 0 unspecified atom stereocenters. The van der Waals surface area contributed by atoms with Gasteiger partial charge in [0.1, 0.15) is 0 Å². The minimum absolute atomic E-state index is 0.787. The van der Waals surface area contributed by atoms with Gasteiger partial charge in [0.25, 0.3) is 0 Å². The minimum Gasteiger partial charge on any atom is -0.0654 e. The van der Waals surface area contributed by atoms with Gasteiger partial charge in [-0.3, -0.25) is 0 Å². The standard InChI is InChI=1S/C36H54/c1-3-5-7-8-10-12-30-15-19-32(20-16-30)34-23-27-36(28-24-34)35-25-21-33(22-26-35)31-17-13-29(14-18-31)11-9-6-4-2/h21-32H,3-20H2,1-2H3. The number of rotatable bonds is 13. The zero-order valence-corrected chi connectivity index (χ0v) is 23.7. The average molecular weight is 487 g/mol. The van der Waals surface area contributed by atoms with Crippen molar-refractivity contribution in [3.63, 3.8) is 0 Å². The molecule has 0 radical (unpaired) electrons. The normalized spacial score (nSPS) is 24.6. The first kappa shape index (κ1) is 27.5. The van der Waals surface area contributed by atoms with Gasteiger partial charge in [0.05, 0.1) is 0 Å². The van der Waals surface area contributed by atoms with E-state index in [2.05, 4.69) is 62.4 Å². The van der Waals surface area contributed by atoms with Crippen molar-refractivity contribution in [3.8, 4) is 11.1 Å². The number of hydrogen-bond donors (Lipinski definition) is 0. The highest BCUT2D eigenvalue weighted by Gasteiger charge is 2.23. The summed E-state index contributed by atoms with van der Waals surface area (Å²) in [6.45, 7) is 4.63. The lowest BCUT2D eigenvalue weighted by molar-refractivity contribution is 0.302. The van der Waals surface area contributed by atoms with Crippen molar-refractivity contribution in [2.75, 3.05) is 0 Å². The fourth-order valence-corrected chi connectivity index (χ4v) is 7.18. The van der Waals surface area contributed by atoms with E-state index in [1.807, 2.05) is 0 Å². The number of unbranched alkanes of at least 4 members (excludes halogenated alkanes) is 6. The third-order valence-electron chi connectivity index (χ3n) is 9.72. The largest absolute Gasteiger partial charge is 0.0654 e. The molecule has 0 heterocycles. The van der Waals surface area contributed by atoms with Crippen LogP contribution in [-0.4, -0.2) is 0 Å². The predicted octanol–water partition coefficient (Wildman–Crippen LogP) is 11.8. The molecule has 2 aliphatic carbocycles. The molecule has 0 N–H and O–H groups in total. The summed E-state index contributed by atoms with van der Waals surface area (Å²) in [4.78, 5) is 0. The van der Waals surface area contributed by atoms with Gasteiger partial charge in [-0.1, -0.05) is 127 Å². The minimum atomic E-state index is 0.787. The lowest BCUT2D eigenvalue weighted by atomic mass is 9.76. The van der Waals surface area contributed by atoms with Crippen LogP contribution in [0.2, 0.25) is 0 Å². The zero-order valence-electron chi connectivity index (χ0n) is 23.7. The van der Waals surface area contributed by atoms with E-state index in [1.54, 1.807) is 11.1 Å². The molecule has 198 valence electrons. The van der Waals surface area contributed by atoms with Gasteiger partial charge >= 0.3 is 0 Å². The van der Waals surface area contributed by atoms with Gasteiger partial charge in [-0.05, 0) is 97.3 Å². The van der Waals surface area contributed by atoms with Crippen LogP contribution in [0, 0.1) is 11.8 Å². The molecule has 0 aliphatic heterocycles. The van der Waals surface area contributed by atoms with Crippen molar-refractivity contribution in [2.24, 2.45) is 11.8 Å². The van der Waals surface area contributed by atoms with E-state index in [-0.39, 0.29) is 0 Å². The van der Waals surface area contributed by atoms with E-state index >= 15 is 0 Å².